The van der Waals surface area contributed by atoms with Gasteiger partial charge in [0.1, 0.15) is 11.6 Å². The molecule has 1 fully saturated rings. The number of carbonyl (C=O) groups excluding carboxylic acids is 2. The summed E-state index contributed by atoms with van der Waals surface area (Å²) in [4.78, 5) is 41.9. The highest BCUT2D eigenvalue weighted by atomic mass is 16.5. The van der Waals surface area contributed by atoms with Gasteiger partial charge < -0.3 is 15.0 Å². The fourth-order valence-electron chi connectivity index (χ4n) is 5.42. The topological polar surface area (TPSA) is 102 Å². The van der Waals surface area contributed by atoms with E-state index in [1.54, 1.807) is 43.8 Å². The maximum absolute atomic E-state index is 13.1. The number of benzene rings is 1. The summed E-state index contributed by atoms with van der Waals surface area (Å²) in [6.07, 6.45) is 13.5. The van der Waals surface area contributed by atoms with Crippen LogP contribution >= 0.6 is 0 Å². The van der Waals surface area contributed by atoms with E-state index in [1.807, 2.05) is 42.3 Å². The minimum Gasteiger partial charge on any atom is -0.381 e. The van der Waals surface area contributed by atoms with Gasteiger partial charge in [0.05, 0.1) is 29.6 Å². The number of rotatable bonds is 9. The van der Waals surface area contributed by atoms with E-state index in [0.29, 0.717) is 24.5 Å². The third-order valence-electron chi connectivity index (χ3n) is 7.40. The maximum Gasteiger partial charge on any atom is 0.256 e. The number of nitrogens with one attached hydrogen (secondary N) is 1. The Kier molecular flexibility index (Phi) is 8.84. The van der Waals surface area contributed by atoms with Gasteiger partial charge in [0.15, 0.2) is 0 Å². The molecule has 4 aromatic rings. The van der Waals surface area contributed by atoms with Crippen molar-refractivity contribution in [3.05, 3.63) is 89.8 Å². The normalized spacial score (nSPS) is 15.5. The summed E-state index contributed by atoms with van der Waals surface area (Å²) >= 11 is 0. The van der Waals surface area contributed by atoms with Crippen LogP contribution < -0.4 is 5.32 Å². The van der Waals surface area contributed by atoms with Gasteiger partial charge in [-0.05, 0) is 62.4 Å². The Morgan fingerprint density at radius 3 is 2.73 bits per heavy atom. The standard InChI is InChI=1S/C32H36N6O3/c1-4-8-23-15-16-34-27(21-23)35-32(40)25-13-11-24(12-14-25)29-30-22(2)33-17-19-38(30)31(36-29)26-9-5-6-18-37(26)28(39)10-7-20-41-3/h7,10-17,19,21,26H,4-6,8-9,18,20H2,1-3H3,(H,34,35,40). The number of hydrogen-bond acceptors (Lipinski definition) is 6. The van der Waals surface area contributed by atoms with Gasteiger partial charge >= 0.3 is 0 Å². The number of aromatic nitrogens is 4. The highest BCUT2D eigenvalue weighted by Gasteiger charge is 2.31. The molecule has 0 aliphatic carbocycles. The van der Waals surface area contributed by atoms with Crippen LogP contribution in [0.25, 0.3) is 16.8 Å². The zero-order chi connectivity index (χ0) is 28.8. The fraction of sp³-hybridized carbons (Fsp3) is 0.344. The van der Waals surface area contributed by atoms with Crippen molar-refractivity contribution < 1.29 is 14.3 Å². The Balaban J connectivity index is 1.44. The van der Waals surface area contributed by atoms with Crippen LogP contribution in [0.5, 0.6) is 0 Å². The number of pyridine rings is 1. The van der Waals surface area contributed by atoms with E-state index in [4.69, 9.17) is 9.72 Å². The van der Waals surface area contributed by atoms with Crippen LogP contribution in [-0.4, -0.2) is 56.3 Å². The molecule has 4 heterocycles. The molecular formula is C32H36N6O3. The lowest BCUT2D eigenvalue weighted by Gasteiger charge is -2.34. The summed E-state index contributed by atoms with van der Waals surface area (Å²) in [6.45, 7) is 5.15. The highest BCUT2D eigenvalue weighted by Crippen LogP contribution is 2.35. The minimum atomic E-state index is -0.219. The lowest BCUT2D eigenvalue weighted by atomic mass is 10.0. The van der Waals surface area contributed by atoms with Gasteiger partial charge in [-0.1, -0.05) is 31.6 Å². The van der Waals surface area contributed by atoms with Crippen molar-refractivity contribution in [2.24, 2.45) is 0 Å². The van der Waals surface area contributed by atoms with Crippen molar-refractivity contribution in [1.29, 1.82) is 0 Å². The number of fused-ring (bicyclic) bond motifs is 1. The Labute approximate surface area is 240 Å². The number of nitrogens with zero attached hydrogens (tertiary/aromatic N) is 5. The van der Waals surface area contributed by atoms with Crippen LogP contribution in [0.4, 0.5) is 5.82 Å². The van der Waals surface area contributed by atoms with Crippen molar-refractivity contribution in [1.82, 2.24) is 24.3 Å². The Morgan fingerprint density at radius 1 is 1.12 bits per heavy atom. The molecule has 1 aliphatic heterocycles. The van der Waals surface area contributed by atoms with Crippen LogP contribution in [-0.2, 0) is 16.0 Å². The number of hydrogen-bond donors (Lipinski definition) is 1. The zero-order valence-electron chi connectivity index (χ0n) is 23.8. The number of imidazole rings is 1. The molecule has 1 aliphatic rings. The van der Waals surface area contributed by atoms with E-state index < -0.39 is 0 Å². The molecule has 0 saturated carbocycles. The SMILES string of the molecule is CCCc1ccnc(NC(=O)c2ccc(-c3nc(C4CCCCN4C(=O)C=CCOC)n4ccnc(C)c34)cc2)c1. The minimum absolute atomic E-state index is 0.0408. The smallest absolute Gasteiger partial charge is 0.256 e. The molecule has 1 N–H and O–H groups in total. The molecule has 9 nitrogen and oxygen atoms in total. The van der Waals surface area contributed by atoms with Crippen molar-refractivity contribution in [3.63, 3.8) is 0 Å². The van der Waals surface area contributed by atoms with Gasteiger partial charge in [0.25, 0.3) is 5.91 Å². The first-order chi connectivity index (χ1) is 20.0. The molecular weight excluding hydrogens is 516 g/mol. The molecule has 212 valence electrons. The second kappa shape index (κ2) is 12.9. The van der Waals surface area contributed by atoms with Gasteiger partial charge in [0, 0.05) is 49.4 Å². The average Bonchev–Trinajstić information content (AvgIpc) is 3.38. The monoisotopic (exact) mass is 552 g/mol. The Hall–Kier alpha value is -4.37. The van der Waals surface area contributed by atoms with Crippen LogP contribution in [0.15, 0.2) is 67.1 Å². The molecule has 1 unspecified atom stereocenters. The van der Waals surface area contributed by atoms with Gasteiger partial charge in [-0.3, -0.25) is 19.0 Å². The van der Waals surface area contributed by atoms with E-state index in [2.05, 4.69) is 26.6 Å². The molecule has 1 aromatic carbocycles. The number of carbonyl (C=O) groups is 2. The van der Waals surface area contributed by atoms with E-state index in [9.17, 15) is 9.59 Å². The molecule has 5 rings (SSSR count). The molecule has 41 heavy (non-hydrogen) atoms. The van der Waals surface area contributed by atoms with Crippen LogP contribution in [0.1, 0.15) is 66.1 Å². The number of anilines is 1. The molecule has 1 atom stereocenters. The molecule has 0 radical (unpaired) electrons. The molecule has 0 bridgehead atoms. The van der Waals surface area contributed by atoms with E-state index >= 15 is 0 Å². The fourth-order valence-corrected chi connectivity index (χ4v) is 5.42. The summed E-state index contributed by atoms with van der Waals surface area (Å²) in [5.41, 5.74) is 5.06. The van der Waals surface area contributed by atoms with Crippen molar-refractivity contribution in [2.45, 2.75) is 52.0 Å². The quantitative estimate of drug-likeness (QED) is 0.273. The largest absolute Gasteiger partial charge is 0.381 e. The van der Waals surface area contributed by atoms with Gasteiger partial charge in [-0.2, -0.15) is 0 Å². The number of ether oxygens (including phenoxy) is 1. The molecule has 0 spiro atoms. The van der Waals surface area contributed by atoms with Crippen LogP contribution in [0.3, 0.4) is 0 Å². The first-order valence-corrected chi connectivity index (χ1v) is 14.2. The first kappa shape index (κ1) is 28.2. The second-order valence-electron chi connectivity index (χ2n) is 10.3. The number of piperidine rings is 1. The van der Waals surface area contributed by atoms with E-state index in [-0.39, 0.29) is 17.9 Å². The lowest BCUT2D eigenvalue weighted by Crippen LogP contribution is -2.38. The molecule has 9 heteroatoms. The van der Waals surface area contributed by atoms with Crippen LogP contribution in [0, 0.1) is 6.92 Å². The number of aryl methyl sites for hydroxylation is 2. The predicted molar refractivity (Wildman–Crippen MR) is 159 cm³/mol. The third kappa shape index (κ3) is 6.20. The summed E-state index contributed by atoms with van der Waals surface area (Å²) in [5, 5.41) is 2.91. The summed E-state index contributed by atoms with van der Waals surface area (Å²) in [6, 6.07) is 11.1. The lowest BCUT2D eigenvalue weighted by molar-refractivity contribution is -0.130. The summed E-state index contributed by atoms with van der Waals surface area (Å²) in [7, 11) is 1.61. The number of methoxy groups -OCH3 is 1. The highest BCUT2D eigenvalue weighted by molar-refractivity contribution is 6.04. The summed E-state index contributed by atoms with van der Waals surface area (Å²) < 4.78 is 7.13. The number of likely N-dealkylation sites (tertiary alicyclic amines) is 1. The van der Waals surface area contributed by atoms with Crippen molar-refractivity contribution in [3.8, 4) is 11.3 Å². The van der Waals surface area contributed by atoms with Crippen LogP contribution in [0.2, 0.25) is 0 Å². The zero-order valence-corrected chi connectivity index (χ0v) is 23.8. The van der Waals surface area contributed by atoms with Crippen molar-refractivity contribution in [2.75, 3.05) is 25.6 Å². The number of amides is 2. The predicted octanol–water partition coefficient (Wildman–Crippen LogP) is 5.56. The van der Waals surface area contributed by atoms with E-state index in [1.165, 1.54) is 0 Å². The molecule has 3 aromatic heterocycles. The Bertz CT molecular complexity index is 1560. The van der Waals surface area contributed by atoms with Gasteiger partial charge in [-0.15, -0.1) is 0 Å². The second-order valence-corrected chi connectivity index (χ2v) is 10.3. The van der Waals surface area contributed by atoms with E-state index in [0.717, 1.165) is 66.0 Å². The third-order valence-corrected chi connectivity index (χ3v) is 7.40. The maximum atomic E-state index is 13.1. The van der Waals surface area contributed by atoms with Crippen molar-refractivity contribution >= 4 is 23.1 Å². The summed E-state index contributed by atoms with van der Waals surface area (Å²) in [5.74, 6) is 1.10. The molecule has 2 amide bonds. The molecule has 1 saturated heterocycles. The first-order valence-electron chi connectivity index (χ1n) is 14.2. The van der Waals surface area contributed by atoms with Gasteiger partial charge in [-0.25, -0.2) is 9.97 Å². The average molecular weight is 553 g/mol. The Morgan fingerprint density at radius 2 is 1.95 bits per heavy atom. The van der Waals surface area contributed by atoms with Gasteiger partial charge in [0.2, 0.25) is 5.91 Å².